The number of alkyl carbamates (subject to hydrolysis) is 1. The maximum Gasteiger partial charge on any atom is 0.407 e. The van der Waals surface area contributed by atoms with E-state index >= 15 is 0 Å². The Labute approximate surface area is 109 Å². The number of nitrogens with zero attached hydrogens (tertiary/aromatic N) is 1. The van der Waals surface area contributed by atoms with Crippen LogP contribution in [0.1, 0.15) is 0 Å². The largest absolute Gasteiger partial charge is 1.00 e. The number of carbonyl (C=O) groups excluding carboxylic acids is 1. The molecule has 0 saturated heterocycles. The van der Waals surface area contributed by atoms with E-state index in [9.17, 15) is 4.79 Å². The van der Waals surface area contributed by atoms with E-state index in [4.69, 9.17) is 9.47 Å². The highest BCUT2D eigenvalue weighted by atomic mass is 127. The van der Waals surface area contributed by atoms with Gasteiger partial charge in [-0.05, 0) is 0 Å². The first-order chi connectivity index (χ1) is 6.45. The number of amides is 1. The molecular weight excluding hydrogens is 311 g/mol. The van der Waals surface area contributed by atoms with Gasteiger partial charge in [-0.2, -0.15) is 0 Å². The number of ether oxygens (including phenoxy) is 2. The van der Waals surface area contributed by atoms with Crippen molar-refractivity contribution in [3.8, 4) is 0 Å². The summed E-state index contributed by atoms with van der Waals surface area (Å²) < 4.78 is 10.4. The maximum atomic E-state index is 11.0. The topological polar surface area (TPSA) is 47.6 Å². The van der Waals surface area contributed by atoms with E-state index < -0.39 is 0 Å². The summed E-state index contributed by atoms with van der Waals surface area (Å²) >= 11 is 0. The molecular formula is C9H21IN2O3. The van der Waals surface area contributed by atoms with Crippen LogP contribution < -0.4 is 29.3 Å². The van der Waals surface area contributed by atoms with Crippen LogP contribution in [0.15, 0.2) is 0 Å². The van der Waals surface area contributed by atoms with Gasteiger partial charge in [0, 0.05) is 7.11 Å². The Morgan fingerprint density at radius 3 is 2.33 bits per heavy atom. The third kappa shape index (κ3) is 13.9. The second kappa shape index (κ2) is 9.17. The lowest BCUT2D eigenvalue weighted by Crippen LogP contribution is -3.00. The van der Waals surface area contributed by atoms with Gasteiger partial charge in [-0.1, -0.05) is 0 Å². The van der Waals surface area contributed by atoms with Crippen LogP contribution >= 0.6 is 0 Å². The minimum absolute atomic E-state index is 0. The Morgan fingerprint density at radius 2 is 1.87 bits per heavy atom. The minimum Gasteiger partial charge on any atom is -1.00 e. The predicted molar refractivity (Wildman–Crippen MR) is 54.1 cm³/mol. The molecule has 0 aromatic heterocycles. The van der Waals surface area contributed by atoms with Crippen molar-refractivity contribution in [1.29, 1.82) is 0 Å². The van der Waals surface area contributed by atoms with Crippen molar-refractivity contribution in [3.05, 3.63) is 0 Å². The van der Waals surface area contributed by atoms with Gasteiger partial charge in [0.05, 0.1) is 40.8 Å². The van der Waals surface area contributed by atoms with E-state index in [0.29, 0.717) is 19.8 Å². The summed E-state index contributed by atoms with van der Waals surface area (Å²) in [7, 11) is 7.77. The first-order valence-electron chi connectivity index (χ1n) is 4.66. The first-order valence-corrected chi connectivity index (χ1v) is 4.66. The summed E-state index contributed by atoms with van der Waals surface area (Å²) in [6.07, 6.45) is -0.379. The van der Waals surface area contributed by atoms with E-state index in [0.717, 1.165) is 11.0 Å². The number of rotatable bonds is 6. The standard InChI is InChI=1S/C9H20N2O3.HI/c1-11(2,3)6-5-10-9(12)14-8-7-13-4;/h5-8H2,1-4H3;1H. The molecule has 0 saturated carbocycles. The third-order valence-electron chi connectivity index (χ3n) is 1.57. The summed E-state index contributed by atoms with van der Waals surface area (Å²) in [5.41, 5.74) is 0. The summed E-state index contributed by atoms with van der Waals surface area (Å²) in [4.78, 5) is 11.0. The molecule has 15 heavy (non-hydrogen) atoms. The van der Waals surface area contributed by atoms with Crippen LogP contribution in [0.5, 0.6) is 0 Å². The number of hydrogen-bond donors (Lipinski definition) is 1. The smallest absolute Gasteiger partial charge is 0.407 e. The lowest BCUT2D eigenvalue weighted by Gasteiger charge is -2.23. The fraction of sp³-hybridized carbons (Fsp3) is 0.889. The Balaban J connectivity index is 0. The van der Waals surface area contributed by atoms with Gasteiger partial charge in [0.15, 0.2) is 0 Å². The molecule has 0 aliphatic heterocycles. The molecule has 0 aliphatic carbocycles. The van der Waals surface area contributed by atoms with Gasteiger partial charge in [0.2, 0.25) is 0 Å². The van der Waals surface area contributed by atoms with Crippen LogP contribution in [-0.2, 0) is 9.47 Å². The van der Waals surface area contributed by atoms with Crippen LogP contribution in [0.4, 0.5) is 4.79 Å². The number of hydrogen-bond acceptors (Lipinski definition) is 3. The van der Waals surface area contributed by atoms with Crippen LogP contribution in [0, 0.1) is 0 Å². The number of halogens is 1. The van der Waals surface area contributed by atoms with Gasteiger partial charge in [0.25, 0.3) is 0 Å². The van der Waals surface area contributed by atoms with Crippen molar-refractivity contribution >= 4 is 6.09 Å². The summed E-state index contributed by atoms with van der Waals surface area (Å²) in [5.74, 6) is 0. The highest BCUT2D eigenvalue weighted by Crippen LogP contribution is 1.87. The zero-order chi connectivity index (χ0) is 11.0. The summed E-state index contributed by atoms with van der Waals surface area (Å²) in [6, 6.07) is 0. The normalized spacial score (nSPS) is 10.4. The monoisotopic (exact) mass is 332 g/mol. The average molecular weight is 332 g/mol. The van der Waals surface area contributed by atoms with Crippen molar-refractivity contribution in [2.24, 2.45) is 0 Å². The fourth-order valence-corrected chi connectivity index (χ4v) is 0.762. The average Bonchev–Trinajstić information content (AvgIpc) is 2.02. The third-order valence-corrected chi connectivity index (χ3v) is 1.57. The molecule has 1 N–H and O–H groups in total. The number of methoxy groups -OCH3 is 1. The molecule has 92 valence electrons. The van der Waals surface area contributed by atoms with E-state index in [1.807, 2.05) is 0 Å². The number of quaternary nitrogens is 1. The van der Waals surface area contributed by atoms with Crippen molar-refractivity contribution in [3.63, 3.8) is 0 Å². The Hall–Kier alpha value is -0.0800. The highest BCUT2D eigenvalue weighted by molar-refractivity contribution is 5.66. The minimum atomic E-state index is -0.379. The van der Waals surface area contributed by atoms with Gasteiger partial charge in [0.1, 0.15) is 6.61 Å². The summed E-state index contributed by atoms with van der Waals surface area (Å²) in [6.45, 7) is 2.23. The van der Waals surface area contributed by atoms with Crippen LogP contribution in [0.25, 0.3) is 0 Å². The van der Waals surface area contributed by atoms with E-state index in [1.54, 1.807) is 7.11 Å². The van der Waals surface area contributed by atoms with Gasteiger partial charge in [-0.25, -0.2) is 4.79 Å². The molecule has 1 amide bonds. The molecule has 0 radical (unpaired) electrons. The Morgan fingerprint density at radius 1 is 1.27 bits per heavy atom. The highest BCUT2D eigenvalue weighted by Gasteiger charge is 2.07. The molecule has 5 nitrogen and oxygen atoms in total. The van der Waals surface area contributed by atoms with Crippen molar-refractivity contribution in [1.82, 2.24) is 5.32 Å². The van der Waals surface area contributed by atoms with Crippen molar-refractivity contribution in [2.75, 3.05) is 54.6 Å². The van der Waals surface area contributed by atoms with Crippen LogP contribution in [-0.4, -0.2) is 65.1 Å². The van der Waals surface area contributed by atoms with Crippen LogP contribution in [0.3, 0.4) is 0 Å². The maximum absolute atomic E-state index is 11.0. The van der Waals surface area contributed by atoms with Gasteiger partial charge < -0.3 is 43.3 Å². The molecule has 0 bridgehead atoms. The number of likely N-dealkylation sites (N-methyl/N-ethyl adjacent to an activating group) is 1. The van der Waals surface area contributed by atoms with Gasteiger partial charge in [-0.15, -0.1) is 0 Å². The Kier molecular flexibility index (Phi) is 10.6. The molecule has 0 heterocycles. The first kappa shape index (κ1) is 17.3. The van der Waals surface area contributed by atoms with Gasteiger partial charge >= 0.3 is 6.09 Å². The van der Waals surface area contributed by atoms with Gasteiger partial charge in [-0.3, -0.25) is 0 Å². The van der Waals surface area contributed by atoms with Crippen LogP contribution in [0.2, 0.25) is 0 Å². The zero-order valence-corrected chi connectivity index (χ0v) is 12.0. The fourth-order valence-electron chi connectivity index (χ4n) is 0.762. The Bertz CT molecular complexity index is 171. The molecule has 0 rings (SSSR count). The molecule has 0 aliphatic rings. The number of nitrogens with one attached hydrogen (secondary N) is 1. The van der Waals surface area contributed by atoms with Crippen molar-refractivity contribution < 1.29 is 42.7 Å². The molecule has 0 fully saturated rings. The van der Waals surface area contributed by atoms with E-state index in [-0.39, 0.29) is 30.1 Å². The second-order valence-electron chi connectivity index (χ2n) is 4.07. The summed E-state index contributed by atoms with van der Waals surface area (Å²) in [5, 5.41) is 2.67. The second-order valence-corrected chi connectivity index (χ2v) is 4.07. The molecule has 0 aromatic carbocycles. The van der Waals surface area contributed by atoms with Crippen molar-refractivity contribution in [2.45, 2.75) is 0 Å². The predicted octanol–water partition coefficient (Wildman–Crippen LogP) is -2.93. The quantitative estimate of drug-likeness (QED) is 0.322. The molecule has 0 spiro atoms. The molecule has 0 atom stereocenters. The molecule has 0 aromatic rings. The zero-order valence-electron chi connectivity index (χ0n) is 9.88. The van der Waals surface area contributed by atoms with E-state index in [1.165, 1.54) is 0 Å². The molecule has 6 heteroatoms. The lowest BCUT2D eigenvalue weighted by molar-refractivity contribution is -0.869. The molecule has 0 unspecified atom stereocenters. The lowest BCUT2D eigenvalue weighted by atomic mass is 10.5. The SMILES string of the molecule is COCCOC(=O)NCC[N+](C)(C)C.[I-]. The number of carbonyl (C=O) groups is 1. The van der Waals surface area contributed by atoms with E-state index in [2.05, 4.69) is 26.5 Å².